The quantitative estimate of drug-likeness (QED) is 0.849. The summed E-state index contributed by atoms with van der Waals surface area (Å²) in [5.41, 5.74) is 6.39. The zero-order valence-corrected chi connectivity index (χ0v) is 13.1. The molecule has 2 fully saturated rings. The minimum absolute atomic E-state index is 0.441. The average Bonchev–Trinajstić information content (AvgIpc) is 2.57. The van der Waals surface area contributed by atoms with Crippen LogP contribution in [-0.4, -0.2) is 55.6 Å². The van der Waals surface area contributed by atoms with Gasteiger partial charge in [0.05, 0.1) is 0 Å². The Morgan fingerprint density at radius 1 is 1.11 bits per heavy atom. The summed E-state index contributed by atoms with van der Waals surface area (Å²) < 4.78 is 0. The zero-order valence-electron chi connectivity index (χ0n) is 13.1. The molecule has 0 aromatic rings. The SMILES string of the molecule is CC(C)C1CCC(N)C(CN2CCCN(C)CC2)C1. The van der Waals surface area contributed by atoms with Crippen LogP contribution in [0.15, 0.2) is 0 Å². The van der Waals surface area contributed by atoms with Crippen molar-refractivity contribution in [3.63, 3.8) is 0 Å². The standard InChI is InChI=1S/C16H33N3/c1-13(2)14-5-6-16(17)15(11-14)12-19-8-4-7-18(3)9-10-19/h13-16H,4-12,17H2,1-3H3. The highest BCUT2D eigenvalue weighted by atomic mass is 15.2. The lowest BCUT2D eigenvalue weighted by Gasteiger charge is -2.38. The molecule has 1 heterocycles. The highest BCUT2D eigenvalue weighted by molar-refractivity contribution is 4.86. The fourth-order valence-electron chi connectivity index (χ4n) is 3.75. The van der Waals surface area contributed by atoms with Gasteiger partial charge < -0.3 is 15.5 Å². The Balaban J connectivity index is 1.85. The zero-order chi connectivity index (χ0) is 13.8. The van der Waals surface area contributed by atoms with Crippen molar-refractivity contribution >= 4 is 0 Å². The second-order valence-corrected chi connectivity index (χ2v) is 7.20. The average molecular weight is 267 g/mol. The number of nitrogens with zero attached hydrogens (tertiary/aromatic N) is 2. The van der Waals surface area contributed by atoms with Crippen LogP contribution in [0, 0.1) is 17.8 Å². The molecular formula is C16H33N3. The predicted molar refractivity (Wildman–Crippen MR) is 82.2 cm³/mol. The van der Waals surface area contributed by atoms with E-state index in [1.165, 1.54) is 58.4 Å². The third kappa shape index (κ3) is 4.44. The van der Waals surface area contributed by atoms with Crippen LogP contribution in [0.2, 0.25) is 0 Å². The van der Waals surface area contributed by atoms with Gasteiger partial charge in [-0.05, 0) is 63.6 Å². The van der Waals surface area contributed by atoms with E-state index in [9.17, 15) is 0 Å². The molecule has 3 unspecified atom stereocenters. The predicted octanol–water partition coefficient (Wildman–Crippen LogP) is 2.02. The first-order valence-corrected chi connectivity index (χ1v) is 8.22. The molecule has 0 bridgehead atoms. The highest BCUT2D eigenvalue weighted by Crippen LogP contribution is 2.33. The van der Waals surface area contributed by atoms with Crippen LogP contribution in [0.4, 0.5) is 0 Å². The molecule has 2 aliphatic rings. The van der Waals surface area contributed by atoms with Crippen LogP contribution in [0.3, 0.4) is 0 Å². The van der Waals surface area contributed by atoms with Gasteiger partial charge in [-0.2, -0.15) is 0 Å². The van der Waals surface area contributed by atoms with Crippen LogP contribution >= 0.6 is 0 Å². The summed E-state index contributed by atoms with van der Waals surface area (Å²) in [6.07, 6.45) is 5.25. The van der Waals surface area contributed by atoms with E-state index < -0.39 is 0 Å². The number of rotatable bonds is 3. The maximum atomic E-state index is 6.39. The second-order valence-electron chi connectivity index (χ2n) is 7.20. The first-order chi connectivity index (χ1) is 9.06. The van der Waals surface area contributed by atoms with Gasteiger partial charge in [-0.25, -0.2) is 0 Å². The maximum Gasteiger partial charge on any atom is 0.0109 e. The van der Waals surface area contributed by atoms with Crippen molar-refractivity contribution in [3.05, 3.63) is 0 Å². The van der Waals surface area contributed by atoms with Crippen LogP contribution in [0.1, 0.15) is 39.5 Å². The number of hydrogen-bond acceptors (Lipinski definition) is 3. The van der Waals surface area contributed by atoms with Crippen molar-refractivity contribution in [1.82, 2.24) is 9.80 Å². The van der Waals surface area contributed by atoms with Crippen molar-refractivity contribution < 1.29 is 0 Å². The molecule has 1 saturated carbocycles. The first kappa shape index (κ1) is 15.3. The summed E-state index contributed by atoms with van der Waals surface area (Å²) in [7, 11) is 2.24. The van der Waals surface area contributed by atoms with Crippen molar-refractivity contribution in [2.45, 2.75) is 45.6 Å². The van der Waals surface area contributed by atoms with Gasteiger partial charge in [0.15, 0.2) is 0 Å². The first-order valence-electron chi connectivity index (χ1n) is 8.22. The lowest BCUT2D eigenvalue weighted by atomic mass is 9.73. The van der Waals surface area contributed by atoms with Crippen LogP contribution in [0.5, 0.6) is 0 Å². The molecule has 0 aromatic carbocycles. The Labute approximate surface area is 119 Å². The monoisotopic (exact) mass is 267 g/mol. The lowest BCUT2D eigenvalue weighted by Crippen LogP contribution is -2.44. The Morgan fingerprint density at radius 3 is 2.63 bits per heavy atom. The normalized spacial score (nSPS) is 35.5. The van der Waals surface area contributed by atoms with Crippen LogP contribution < -0.4 is 5.73 Å². The molecule has 2 rings (SSSR count). The van der Waals surface area contributed by atoms with Gasteiger partial charge >= 0.3 is 0 Å². The molecule has 3 atom stereocenters. The summed E-state index contributed by atoms with van der Waals surface area (Å²) in [6.45, 7) is 10.9. The fourth-order valence-corrected chi connectivity index (χ4v) is 3.75. The summed E-state index contributed by atoms with van der Waals surface area (Å²) in [6, 6.07) is 0.441. The summed E-state index contributed by atoms with van der Waals surface area (Å²) in [5, 5.41) is 0. The molecule has 1 aliphatic carbocycles. The van der Waals surface area contributed by atoms with Gasteiger partial charge in [-0.1, -0.05) is 13.8 Å². The molecule has 3 heteroatoms. The Morgan fingerprint density at radius 2 is 1.89 bits per heavy atom. The Kier molecular flexibility index (Phi) is 5.67. The van der Waals surface area contributed by atoms with E-state index in [4.69, 9.17) is 5.73 Å². The Bertz CT molecular complexity index is 267. The van der Waals surface area contributed by atoms with E-state index in [1.807, 2.05) is 0 Å². The van der Waals surface area contributed by atoms with E-state index in [0.29, 0.717) is 6.04 Å². The lowest BCUT2D eigenvalue weighted by molar-refractivity contribution is 0.139. The molecule has 0 radical (unpaired) electrons. The van der Waals surface area contributed by atoms with Crippen molar-refractivity contribution in [1.29, 1.82) is 0 Å². The smallest absolute Gasteiger partial charge is 0.0109 e. The number of likely N-dealkylation sites (N-methyl/N-ethyl adjacent to an activating group) is 1. The largest absolute Gasteiger partial charge is 0.327 e. The van der Waals surface area contributed by atoms with Gasteiger partial charge in [0.25, 0.3) is 0 Å². The van der Waals surface area contributed by atoms with Crippen molar-refractivity contribution in [2.24, 2.45) is 23.5 Å². The maximum absolute atomic E-state index is 6.39. The Hall–Kier alpha value is -0.120. The molecule has 112 valence electrons. The number of hydrogen-bond donors (Lipinski definition) is 1. The molecular weight excluding hydrogens is 234 g/mol. The molecule has 0 spiro atoms. The fraction of sp³-hybridized carbons (Fsp3) is 1.00. The van der Waals surface area contributed by atoms with Crippen molar-refractivity contribution in [2.75, 3.05) is 39.8 Å². The third-order valence-electron chi connectivity index (χ3n) is 5.33. The van der Waals surface area contributed by atoms with E-state index >= 15 is 0 Å². The molecule has 1 saturated heterocycles. The minimum Gasteiger partial charge on any atom is -0.327 e. The van der Waals surface area contributed by atoms with E-state index in [-0.39, 0.29) is 0 Å². The number of nitrogens with two attached hydrogens (primary N) is 1. The molecule has 19 heavy (non-hydrogen) atoms. The highest BCUT2D eigenvalue weighted by Gasteiger charge is 2.31. The van der Waals surface area contributed by atoms with Gasteiger partial charge in [-0.3, -0.25) is 0 Å². The van der Waals surface area contributed by atoms with E-state index in [0.717, 1.165) is 17.8 Å². The van der Waals surface area contributed by atoms with E-state index in [1.54, 1.807) is 0 Å². The van der Waals surface area contributed by atoms with Gasteiger partial charge in [-0.15, -0.1) is 0 Å². The van der Waals surface area contributed by atoms with Crippen LogP contribution in [0.25, 0.3) is 0 Å². The van der Waals surface area contributed by atoms with Gasteiger partial charge in [0, 0.05) is 25.7 Å². The van der Waals surface area contributed by atoms with E-state index in [2.05, 4.69) is 30.7 Å². The molecule has 3 nitrogen and oxygen atoms in total. The van der Waals surface area contributed by atoms with Crippen LogP contribution in [-0.2, 0) is 0 Å². The minimum atomic E-state index is 0.441. The summed E-state index contributed by atoms with van der Waals surface area (Å²) in [5.74, 6) is 2.45. The second kappa shape index (κ2) is 7.05. The molecule has 0 amide bonds. The topological polar surface area (TPSA) is 32.5 Å². The third-order valence-corrected chi connectivity index (χ3v) is 5.33. The molecule has 0 aromatic heterocycles. The summed E-state index contributed by atoms with van der Waals surface area (Å²) in [4.78, 5) is 5.12. The van der Waals surface area contributed by atoms with Gasteiger partial charge in [0.2, 0.25) is 0 Å². The molecule has 1 aliphatic heterocycles. The summed E-state index contributed by atoms with van der Waals surface area (Å²) >= 11 is 0. The molecule has 2 N–H and O–H groups in total. The van der Waals surface area contributed by atoms with Gasteiger partial charge in [0.1, 0.15) is 0 Å². The van der Waals surface area contributed by atoms with Crippen molar-refractivity contribution in [3.8, 4) is 0 Å².